The van der Waals surface area contributed by atoms with Crippen molar-refractivity contribution in [1.82, 2.24) is 5.32 Å². The minimum Gasteiger partial charge on any atom is -0.387 e. The van der Waals surface area contributed by atoms with Gasteiger partial charge in [-0.25, -0.2) is 4.57 Å². The number of hydrogen-bond donors (Lipinski definition) is 3. The summed E-state index contributed by atoms with van der Waals surface area (Å²) in [6, 6.07) is -0.844. The lowest BCUT2D eigenvalue weighted by atomic mass is 10.0. The number of likely N-dealkylation sites (N-methyl/N-ethyl adjacent to an activating group) is 1. The third-order valence-electron chi connectivity index (χ3n) is 9.65. The number of nitrogens with zero attached hydrogens (tertiary/aromatic N) is 1. The third kappa shape index (κ3) is 37.3. The molecule has 0 aromatic carbocycles. The summed E-state index contributed by atoms with van der Waals surface area (Å²) >= 11 is 0. The molecule has 1 amide bonds. The van der Waals surface area contributed by atoms with Crippen molar-refractivity contribution < 1.29 is 32.9 Å². The van der Waals surface area contributed by atoms with Gasteiger partial charge in [-0.05, 0) is 38.5 Å². The molecular weight excluding hydrogens is 671 g/mol. The predicted molar refractivity (Wildman–Crippen MR) is 221 cm³/mol. The Morgan fingerprint density at radius 1 is 0.635 bits per heavy atom. The number of phosphoric acid groups is 1. The lowest BCUT2D eigenvalue weighted by molar-refractivity contribution is -0.870. The fourth-order valence-electron chi connectivity index (χ4n) is 6.16. The lowest BCUT2D eigenvalue weighted by Crippen LogP contribution is -2.45. The van der Waals surface area contributed by atoms with E-state index in [-0.39, 0.29) is 19.1 Å². The van der Waals surface area contributed by atoms with Crippen molar-refractivity contribution >= 4 is 13.7 Å². The van der Waals surface area contributed by atoms with Crippen LogP contribution < -0.4 is 5.32 Å². The Balaban J connectivity index is 4.41. The van der Waals surface area contributed by atoms with Crippen LogP contribution >= 0.6 is 7.82 Å². The zero-order chi connectivity index (χ0) is 38.6. The van der Waals surface area contributed by atoms with Crippen LogP contribution in [0.3, 0.4) is 0 Å². The zero-order valence-electron chi connectivity index (χ0n) is 34.8. The van der Waals surface area contributed by atoms with Crippen LogP contribution in [0.1, 0.15) is 194 Å². The van der Waals surface area contributed by atoms with Crippen LogP contribution in [0.25, 0.3) is 0 Å². The van der Waals surface area contributed by atoms with Gasteiger partial charge in [0.2, 0.25) is 5.91 Å². The van der Waals surface area contributed by atoms with Crippen molar-refractivity contribution in [2.75, 3.05) is 40.9 Å². The average molecular weight is 758 g/mol. The van der Waals surface area contributed by atoms with Crippen molar-refractivity contribution in [1.29, 1.82) is 0 Å². The Morgan fingerprint density at radius 3 is 1.56 bits per heavy atom. The molecule has 0 bridgehead atoms. The molecule has 0 aromatic heterocycles. The maximum atomic E-state index is 12.8. The summed E-state index contributed by atoms with van der Waals surface area (Å²) < 4.78 is 23.5. The summed E-state index contributed by atoms with van der Waals surface area (Å²) in [5, 5.41) is 13.8. The number of allylic oxidation sites excluding steroid dienone is 3. The van der Waals surface area contributed by atoms with E-state index in [9.17, 15) is 19.4 Å². The molecule has 308 valence electrons. The van der Waals surface area contributed by atoms with Gasteiger partial charge in [0.15, 0.2) is 0 Å². The number of carbonyl (C=O) groups is 1. The predicted octanol–water partition coefficient (Wildman–Crippen LogP) is 11.7. The van der Waals surface area contributed by atoms with E-state index >= 15 is 0 Å². The average Bonchev–Trinajstić information content (AvgIpc) is 3.09. The molecule has 0 saturated heterocycles. The second-order valence-electron chi connectivity index (χ2n) is 16.1. The number of unbranched alkanes of at least 4 members (excludes halogenated alkanes) is 24. The Bertz CT molecular complexity index is 907. The summed E-state index contributed by atoms with van der Waals surface area (Å²) in [5.74, 6) is -0.179. The molecule has 0 aromatic rings. The van der Waals surface area contributed by atoms with Crippen molar-refractivity contribution in [2.45, 2.75) is 206 Å². The van der Waals surface area contributed by atoms with Crippen molar-refractivity contribution in [3.05, 3.63) is 24.3 Å². The maximum absolute atomic E-state index is 12.8. The topological polar surface area (TPSA) is 105 Å². The smallest absolute Gasteiger partial charge is 0.387 e. The van der Waals surface area contributed by atoms with Crippen molar-refractivity contribution in [3.63, 3.8) is 0 Å². The minimum absolute atomic E-state index is 0.0616. The highest BCUT2D eigenvalue weighted by Gasteiger charge is 2.27. The Kier molecular flexibility index (Phi) is 35.0. The van der Waals surface area contributed by atoms with Crippen LogP contribution in [0.4, 0.5) is 0 Å². The molecule has 0 aliphatic rings. The van der Waals surface area contributed by atoms with Gasteiger partial charge in [0.25, 0.3) is 0 Å². The number of amides is 1. The van der Waals surface area contributed by atoms with E-state index in [0.717, 1.165) is 38.5 Å². The van der Waals surface area contributed by atoms with E-state index in [1.54, 1.807) is 6.08 Å². The van der Waals surface area contributed by atoms with Crippen LogP contribution in [-0.2, 0) is 18.4 Å². The normalized spacial score (nSPS) is 14.7. The van der Waals surface area contributed by atoms with Crippen LogP contribution in [0, 0.1) is 0 Å². The Morgan fingerprint density at radius 2 is 1.08 bits per heavy atom. The van der Waals surface area contributed by atoms with E-state index in [4.69, 9.17) is 9.05 Å². The van der Waals surface area contributed by atoms with E-state index in [1.807, 2.05) is 27.2 Å². The van der Waals surface area contributed by atoms with E-state index in [2.05, 4.69) is 31.3 Å². The molecule has 9 heteroatoms. The second-order valence-corrected chi connectivity index (χ2v) is 17.5. The highest BCUT2D eigenvalue weighted by atomic mass is 31.2. The fourth-order valence-corrected chi connectivity index (χ4v) is 6.90. The fraction of sp³-hybridized carbons (Fsp3) is 0.884. The number of quaternary nitrogens is 1. The molecule has 1 unspecified atom stereocenters. The highest BCUT2D eigenvalue weighted by Crippen LogP contribution is 2.43. The summed E-state index contributed by atoms with van der Waals surface area (Å²) in [7, 11) is 1.57. The second kappa shape index (κ2) is 35.7. The first-order valence-corrected chi connectivity index (χ1v) is 23.2. The van der Waals surface area contributed by atoms with Gasteiger partial charge in [0, 0.05) is 6.42 Å². The third-order valence-corrected chi connectivity index (χ3v) is 10.6. The summed E-state index contributed by atoms with van der Waals surface area (Å²) in [4.78, 5) is 23.1. The first kappa shape index (κ1) is 51.0. The monoisotopic (exact) mass is 758 g/mol. The number of nitrogens with one attached hydrogen (secondary N) is 1. The Labute approximate surface area is 322 Å². The molecule has 0 rings (SSSR count). The number of aliphatic hydroxyl groups is 1. The summed E-state index contributed by atoms with van der Waals surface area (Å²) in [6.07, 6.45) is 41.0. The van der Waals surface area contributed by atoms with Gasteiger partial charge in [0.05, 0.1) is 39.9 Å². The molecule has 0 fully saturated rings. The van der Waals surface area contributed by atoms with Crippen LogP contribution in [0.5, 0.6) is 0 Å². The van der Waals surface area contributed by atoms with E-state index < -0.39 is 20.0 Å². The SMILES string of the molecule is CCC/C=C\CCCCCCCC/C=C/[C@@H](O)[C@H](COP(=O)(O)OCC[N+](C)(C)C)NC(=O)CCCCCCCCCCCCCCCCCCC. The standard InChI is InChI=1S/C43H85N2O6P/c1-6-8-10-12-14-16-18-20-21-22-23-25-27-29-31-33-35-37-43(47)44-41(40-51-52(48,49)50-39-38-45(3,4)5)42(46)36-34-32-30-28-26-24-19-17-15-13-11-9-7-2/h11,13,34,36,41-42,46H,6-10,12,14-33,35,37-40H2,1-5H3,(H-,44,47,48,49)/p+1/b13-11-,36-34+/t41-,42+/m0/s1. The quantitative estimate of drug-likeness (QED) is 0.0250. The van der Waals surface area contributed by atoms with Gasteiger partial charge in [-0.15, -0.1) is 0 Å². The summed E-state index contributed by atoms with van der Waals surface area (Å²) in [6.45, 7) is 4.76. The van der Waals surface area contributed by atoms with E-state index in [1.165, 1.54) is 135 Å². The molecule has 0 heterocycles. The number of phosphoric ester groups is 1. The van der Waals surface area contributed by atoms with E-state index in [0.29, 0.717) is 17.4 Å². The van der Waals surface area contributed by atoms with Gasteiger partial charge in [-0.3, -0.25) is 13.8 Å². The molecular formula is C43H86N2O6P+. The van der Waals surface area contributed by atoms with Crippen molar-refractivity contribution in [3.8, 4) is 0 Å². The minimum atomic E-state index is -4.33. The molecule has 0 spiro atoms. The molecule has 0 radical (unpaired) electrons. The van der Waals surface area contributed by atoms with Gasteiger partial charge in [-0.2, -0.15) is 0 Å². The van der Waals surface area contributed by atoms with Crippen LogP contribution in [0.2, 0.25) is 0 Å². The largest absolute Gasteiger partial charge is 0.472 e. The van der Waals surface area contributed by atoms with Gasteiger partial charge in [-0.1, -0.05) is 173 Å². The molecule has 0 saturated carbocycles. The number of carbonyl (C=O) groups excluding carboxylic acids is 1. The van der Waals surface area contributed by atoms with Gasteiger partial charge >= 0.3 is 7.82 Å². The molecule has 0 aliphatic carbocycles. The van der Waals surface area contributed by atoms with Crippen LogP contribution in [-0.4, -0.2) is 73.4 Å². The molecule has 0 aliphatic heterocycles. The Hall–Kier alpha value is -1.02. The number of hydrogen-bond acceptors (Lipinski definition) is 5. The highest BCUT2D eigenvalue weighted by molar-refractivity contribution is 7.47. The number of aliphatic hydroxyl groups excluding tert-OH is 1. The maximum Gasteiger partial charge on any atom is 0.472 e. The molecule has 3 N–H and O–H groups in total. The zero-order valence-corrected chi connectivity index (χ0v) is 35.7. The van der Waals surface area contributed by atoms with Gasteiger partial charge < -0.3 is 19.8 Å². The lowest BCUT2D eigenvalue weighted by Gasteiger charge is -2.25. The summed E-state index contributed by atoms with van der Waals surface area (Å²) in [5.41, 5.74) is 0. The first-order chi connectivity index (χ1) is 25.0. The number of rotatable bonds is 39. The molecule has 3 atom stereocenters. The van der Waals surface area contributed by atoms with Crippen LogP contribution in [0.15, 0.2) is 24.3 Å². The van der Waals surface area contributed by atoms with Crippen molar-refractivity contribution in [2.24, 2.45) is 0 Å². The molecule has 8 nitrogen and oxygen atoms in total. The van der Waals surface area contributed by atoms with Gasteiger partial charge in [0.1, 0.15) is 13.2 Å². The molecule has 52 heavy (non-hydrogen) atoms. The first-order valence-electron chi connectivity index (χ1n) is 21.7.